The molecule has 0 aromatic heterocycles. The van der Waals surface area contributed by atoms with E-state index in [0.29, 0.717) is 5.92 Å². The Hall–Kier alpha value is -0.860. The molecule has 0 spiro atoms. The van der Waals surface area contributed by atoms with Crippen LogP contribution in [0.3, 0.4) is 0 Å². The van der Waals surface area contributed by atoms with Crippen LogP contribution in [0.4, 0.5) is 0 Å². The normalized spacial score (nSPS) is 16.6. The maximum absolute atomic E-state index is 3.33. The summed E-state index contributed by atoms with van der Waals surface area (Å²) in [6, 6.07) is 11.2. The van der Waals surface area contributed by atoms with Crippen LogP contribution in [-0.4, -0.2) is 37.1 Å². The van der Waals surface area contributed by atoms with Crippen molar-refractivity contribution in [3.05, 3.63) is 35.9 Å². The van der Waals surface area contributed by atoms with E-state index >= 15 is 0 Å². The van der Waals surface area contributed by atoms with E-state index < -0.39 is 0 Å². The number of nitrogens with zero attached hydrogens (tertiary/aromatic N) is 1. The topological polar surface area (TPSA) is 15.3 Å². The van der Waals surface area contributed by atoms with Crippen LogP contribution in [0, 0.1) is 0 Å². The highest BCUT2D eigenvalue weighted by molar-refractivity contribution is 5.17. The van der Waals surface area contributed by atoms with E-state index in [0.717, 1.165) is 19.1 Å². The van der Waals surface area contributed by atoms with Gasteiger partial charge >= 0.3 is 0 Å². The van der Waals surface area contributed by atoms with Gasteiger partial charge in [-0.25, -0.2) is 0 Å². The number of hydrogen-bond donors (Lipinski definition) is 1. The SMILES string of the molecule is CC(C)N1CCNCC1.CC(C)c1ccccc1. The monoisotopic (exact) mass is 248 g/mol. The van der Waals surface area contributed by atoms with Gasteiger partial charge in [0.15, 0.2) is 0 Å². The first-order chi connectivity index (χ1) is 8.61. The molecular formula is C16H28N2. The Bertz CT molecular complexity index is 300. The molecule has 0 amide bonds. The zero-order chi connectivity index (χ0) is 13.4. The molecule has 0 saturated carbocycles. The number of rotatable bonds is 2. The van der Waals surface area contributed by atoms with Gasteiger partial charge in [0, 0.05) is 32.2 Å². The lowest BCUT2D eigenvalue weighted by Gasteiger charge is -2.30. The summed E-state index contributed by atoms with van der Waals surface area (Å²) >= 11 is 0. The standard InChI is InChI=1S/C9H12.C7H16N2/c1-8(2)9-6-4-3-5-7-9;1-7(2)9-5-3-8-4-6-9/h3-8H,1-2H3;7-8H,3-6H2,1-2H3. The van der Waals surface area contributed by atoms with Gasteiger partial charge in [-0.3, -0.25) is 4.90 Å². The summed E-state index contributed by atoms with van der Waals surface area (Å²) in [5, 5.41) is 3.33. The van der Waals surface area contributed by atoms with E-state index in [2.05, 4.69) is 62.2 Å². The highest BCUT2D eigenvalue weighted by Gasteiger charge is 2.11. The van der Waals surface area contributed by atoms with Gasteiger partial charge in [-0.15, -0.1) is 0 Å². The second kappa shape index (κ2) is 8.28. The van der Waals surface area contributed by atoms with Crippen LogP contribution < -0.4 is 5.32 Å². The third-order valence-electron chi connectivity index (χ3n) is 3.35. The molecule has 1 saturated heterocycles. The maximum atomic E-state index is 3.33. The predicted molar refractivity (Wildman–Crippen MR) is 80.1 cm³/mol. The van der Waals surface area contributed by atoms with Crippen molar-refractivity contribution in [2.75, 3.05) is 26.2 Å². The third kappa shape index (κ3) is 5.65. The Kier molecular flexibility index (Phi) is 6.99. The Morgan fingerprint density at radius 2 is 1.50 bits per heavy atom. The fraction of sp³-hybridized carbons (Fsp3) is 0.625. The average molecular weight is 248 g/mol. The summed E-state index contributed by atoms with van der Waals surface area (Å²) in [6.45, 7) is 13.7. The van der Waals surface area contributed by atoms with Crippen LogP contribution in [0.25, 0.3) is 0 Å². The average Bonchev–Trinajstić information content (AvgIpc) is 2.41. The molecule has 0 aliphatic carbocycles. The Labute approximate surface area is 112 Å². The van der Waals surface area contributed by atoms with E-state index in [1.165, 1.54) is 18.7 Å². The van der Waals surface area contributed by atoms with Gasteiger partial charge in [0.25, 0.3) is 0 Å². The fourth-order valence-corrected chi connectivity index (χ4v) is 2.04. The molecule has 0 bridgehead atoms. The van der Waals surface area contributed by atoms with Gasteiger partial charge in [-0.05, 0) is 25.3 Å². The lowest BCUT2D eigenvalue weighted by atomic mass is 10.0. The Morgan fingerprint density at radius 1 is 0.944 bits per heavy atom. The molecule has 1 heterocycles. The molecule has 0 unspecified atom stereocenters. The third-order valence-corrected chi connectivity index (χ3v) is 3.35. The second-order valence-electron chi connectivity index (χ2n) is 5.45. The molecule has 2 rings (SSSR count). The first kappa shape index (κ1) is 15.2. The summed E-state index contributed by atoms with van der Waals surface area (Å²) in [5.74, 6) is 0.659. The van der Waals surface area contributed by atoms with Crippen molar-refractivity contribution >= 4 is 0 Å². The van der Waals surface area contributed by atoms with Gasteiger partial charge in [0.1, 0.15) is 0 Å². The molecule has 102 valence electrons. The Morgan fingerprint density at radius 3 is 1.83 bits per heavy atom. The van der Waals surface area contributed by atoms with Crippen LogP contribution in [0.15, 0.2) is 30.3 Å². The minimum absolute atomic E-state index is 0.659. The van der Waals surface area contributed by atoms with Crippen LogP contribution >= 0.6 is 0 Å². The molecule has 1 aromatic carbocycles. The smallest absolute Gasteiger partial charge is 0.0110 e. The van der Waals surface area contributed by atoms with Crippen LogP contribution in [0.5, 0.6) is 0 Å². The molecule has 0 radical (unpaired) electrons. The molecule has 1 fully saturated rings. The molecule has 1 aliphatic rings. The zero-order valence-electron chi connectivity index (χ0n) is 12.3. The van der Waals surface area contributed by atoms with E-state index in [4.69, 9.17) is 0 Å². The van der Waals surface area contributed by atoms with Gasteiger partial charge < -0.3 is 5.32 Å². The molecule has 1 N–H and O–H groups in total. The Balaban J connectivity index is 0.000000180. The summed E-state index contributed by atoms with van der Waals surface area (Å²) < 4.78 is 0. The first-order valence-corrected chi connectivity index (χ1v) is 7.11. The van der Waals surface area contributed by atoms with Gasteiger partial charge in [0.05, 0.1) is 0 Å². The van der Waals surface area contributed by atoms with Crippen molar-refractivity contribution < 1.29 is 0 Å². The zero-order valence-corrected chi connectivity index (χ0v) is 12.3. The molecule has 18 heavy (non-hydrogen) atoms. The van der Waals surface area contributed by atoms with Gasteiger partial charge in [-0.1, -0.05) is 44.2 Å². The van der Waals surface area contributed by atoms with Crippen molar-refractivity contribution in [2.24, 2.45) is 0 Å². The van der Waals surface area contributed by atoms with Crippen molar-refractivity contribution in [1.82, 2.24) is 10.2 Å². The van der Waals surface area contributed by atoms with E-state index in [1.807, 2.05) is 6.07 Å². The number of piperazine rings is 1. The summed E-state index contributed by atoms with van der Waals surface area (Å²) in [4.78, 5) is 2.50. The molecular weight excluding hydrogens is 220 g/mol. The van der Waals surface area contributed by atoms with Crippen molar-refractivity contribution in [3.63, 3.8) is 0 Å². The number of hydrogen-bond acceptors (Lipinski definition) is 2. The number of benzene rings is 1. The molecule has 2 nitrogen and oxygen atoms in total. The summed E-state index contributed by atoms with van der Waals surface area (Å²) in [7, 11) is 0. The quantitative estimate of drug-likeness (QED) is 0.865. The van der Waals surface area contributed by atoms with E-state index in [-0.39, 0.29) is 0 Å². The van der Waals surface area contributed by atoms with Gasteiger partial charge in [-0.2, -0.15) is 0 Å². The van der Waals surface area contributed by atoms with Crippen molar-refractivity contribution in [2.45, 2.75) is 39.7 Å². The molecule has 0 atom stereocenters. The highest BCUT2D eigenvalue weighted by Crippen LogP contribution is 2.11. The van der Waals surface area contributed by atoms with Crippen LogP contribution in [-0.2, 0) is 0 Å². The van der Waals surface area contributed by atoms with Crippen molar-refractivity contribution in [3.8, 4) is 0 Å². The predicted octanol–water partition coefficient (Wildman–Crippen LogP) is 3.11. The lowest BCUT2D eigenvalue weighted by molar-refractivity contribution is 0.196. The highest BCUT2D eigenvalue weighted by atomic mass is 15.2. The molecule has 2 heteroatoms. The minimum atomic E-state index is 0.659. The number of nitrogens with one attached hydrogen (secondary N) is 1. The molecule has 1 aliphatic heterocycles. The summed E-state index contributed by atoms with van der Waals surface area (Å²) in [5.41, 5.74) is 1.41. The summed E-state index contributed by atoms with van der Waals surface area (Å²) in [6.07, 6.45) is 0. The van der Waals surface area contributed by atoms with Crippen LogP contribution in [0.2, 0.25) is 0 Å². The first-order valence-electron chi connectivity index (χ1n) is 7.11. The fourth-order valence-electron chi connectivity index (χ4n) is 2.04. The van der Waals surface area contributed by atoms with E-state index in [1.54, 1.807) is 0 Å². The van der Waals surface area contributed by atoms with Crippen molar-refractivity contribution in [1.29, 1.82) is 0 Å². The van der Waals surface area contributed by atoms with Gasteiger partial charge in [0.2, 0.25) is 0 Å². The lowest BCUT2D eigenvalue weighted by Crippen LogP contribution is -2.46. The van der Waals surface area contributed by atoms with Crippen LogP contribution in [0.1, 0.15) is 39.2 Å². The maximum Gasteiger partial charge on any atom is 0.0110 e. The minimum Gasteiger partial charge on any atom is -0.314 e. The second-order valence-corrected chi connectivity index (χ2v) is 5.45. The van der Waals surface area contributed by atoms with E-state index in [9.17, 15) is 0 Å². The largest absolute Gasteiger partial charge is 0.314 e. The molecule has 1 aromatic rings.